The molecule has 1 aromatic carbocycles. The van der Waals surface area contributed by atoms with Crippen LogP contribution in [0.3, 0.4) is 0 Å². The molecule has 1 aromatic rings. The fraction of sp³-hybridized carbons (Fsp3) is 0.562. The molecule has 0 unspecified atom stereocenters. The van der Waals surface area contributed by atoms with Crippen molar-refractivity contribution in [1.82, 2.24) is 10.6 Å². The maximum Gasteiger partial charge on any atom is 0.251 e. The normalized spacial score (nSPS) is 16.6. The molecule has 0 atom stereocenters. The third-order valence-corrected chi connectivity index (χ3v) is 4.52. The van der Waals surface area contributed by atoms with Crippen LogP contribution in [-0.2, 0) is 0 Å². The minimum Gasteiger partial charge on any atom is -0.351 e. The lowest BCUT2D eigenvalue weighted by Gasteiger charge is -2.16. The van der Waals surface area contributed by atoms with E-state index in [1.165, 1.54) is 38.5 Å². The molecule has 1 fully saturated rings. The van der Waals surface area contributed by atoms with Gasteiger partial charge >= 0.3 is 0 Å². The number of hydrogen-bond donors (Lipinski definition) is 2. The van der Waals surface area contributed by atoms with Crippen LogP contribution in [0, 0.1) is 3.57 Å². The van der Waals surface area contributed by atoms with Crippen LogP contribution in [0.1, 0.15) is 48.9 Å². The Hall–Kier alpha value is -0.620. The van der Waals surface area contributed by atoms with Crippen LogP contribution in [0.4, 0.5) is 0 Å². The first-order valence-electron chi connectivity index (χ1n) is 7.53. The fourth-order valence-corrected chi connectivity index (χ4v) is 3.00. The summed E-state index contributed by atoms with van der Waals surface area (Å²) in [5.41, 5.74) is 0.736. The van der Waals surface area contributed by atoms with Crippen molar-refractivity contribution in [2.24, 2.45) is 0 Å². The monoisotopic (exact) mass is 386 g/mol. The molecule has 0 aromatic heterocycles. The number of nitrogens with one attached hydrogen (secondary N) is 2. The van der Waals surface area contributed by atoms with Crippen molar-refractivity contribution in [3.8, 4) is 0 Å². The van der Waals surface area contributed by atoms with Gasteiger partial charge in [-0.2, -0.15) is 0 Å². The van der Waals surface area contributed by atoms with E-state index in [2.05, 4.69) is 33.2 Å². The van der Waals surface area contributed by atoms with Gasteiger partial charge in [0.2, 0.25) is 0 Å². The molecule has 0 bridgehead atoms. The van der Waals surface area contributed by atoms with E-state index in [9.17, 15) is 4.79 Å². The smallest absolute Gasteiger partial charge is 0.251 e. The zero-order valence-electron chi connectivity index (χ0n) is 11.8. The number of carbonyl (C=O) groups excluding carboxylic acids is 1. The van der Waals surface area contributed by atoms with Crippen molar-refractivity contribution < 1.29 is 4.79 Å². The van der Waals surface area contributed by atoms with Gasteiger partial charge in [-0.1, -0.05) is 25.7 Å². The third-order valence-electron chi connectivity index (χ3n) is 3.81. The third kappa shape index (κ3) is 5.40. The molecule has 1 aliphatic rings. The average molecular weight is 386 g/mol. The molecule has 2 N–H and O–H groups in total. The second-order valence-electron chi connectivity index (χ2n) is 5.41. The number of hydrogen-bond acceptors (Lipinski definition) is 2. The molecular weight excluding hydrogens is 363 g/mol. The van der Waals surface area contributed by atoms with E-state index in [0.29, 0.717) is 12.6 Å². The van der Waals surface area contributed by atoms with Gasteiger partial charge in [0, 0.05) is 28.3 Å². The van der Waals surface area contributed by atoms with E-state index < -0.39 is 0 Å². The molecule has 0 spiro atoms. The molecule has 2 rings (SSSR count). The molecule has 3 nitrogen and oxygen atoms in total. The van der Waals surface area contributed by atoms with Gasteiger partial charge in [-0.05, 0) is 59.7 Å². The Kier molecular flexibility index (Phi) is 6.79. The summed E-state index contributed by atoms with van der Waals surface area (Å²) in [7, 11) is 0. The molecule has 0 heterocycles. The lowest BCUT2D eigenvalue weighted by molar-refractivity contribution is 0.0953. The van der Waals surface area contributed by atoms with Crippen LogP contribution in [-0.4, -0.2) is 25.0 Å². The molecule has 0 aliphatic heterocycles. The zero-order chi connectivity index (χ0) is 14.2. The van der Waals surface area contributed by atoms with Crippen LogP contribution < -0.4 is 10.6 Å². The second-order valence-corrected chi connectivity index (χ2v) is 6.65. The molecule has 4 heteroatoms. The van der Waals surface area contributed by atoms with Crippen molar-refractivity contribution in [3.05, 3.63) is 33.4 Å². The maximum atomic E-state index is 11.9. The van der Waals surface area contributed by atoms with Gasteiger partial charge in [-0.25, -0.2) is 0 Å². The van der Waals surface area contributed by atoms with Gasteiger partial charge in [-0.3, -0.25) is 4.79 Å². The first-order valence-corrected chi connectivity index (χ1v) is 8.61. The Morgan fingerprint density at radius 2 is 1.70 bits per heavy atom. The summed E-state index contributed by atoms with van der Waals surface area (Å²) in [5, 5.41) is 6.53. The van der Waals surface area contributed by atoms with E-state index in [0.717, 1.165) is 15.7 Å². The molecule has 1 amide bonds. The minimum absolute atomic E-state index is 0.0177. The summed E-state index contributed by atoms with van der Waals surface area (Å²) in [4.78, 5) is 11.9. The lowest BCUT2D eigenvalue weighted by Crippen LogP contribution is -2.36. The van der Waals surface area contributed by atoms with Gasteiger partial charge in [0.25, 0.3) is 5.91 Å². The largest absolute Gasteiger partial charge is 0.351 e. The number of rotatable bonds is 5. The van der Waals surface area contributed by atoms with Crippen LogP contribution >= 0.6 is 22.6 Å². The van der Waals surface area contributed by atoms with Crippen LogP contribution in [0.25, 0.3) is 0 Å². The van der Waals surface area contributed by atoms with Gasteiger partial charge < -0.3 is 10.6 Å². The molecule has 20 heavy (non-hydrogen) atoms. The first-order chi connectivity index (χ1) is 9.75. The van der Waals surface area contributed by atoms with E-state index in [1.807, 2.05) is 24.3 Å². The van der Waals surface area contributed by atoms with Crippen LogP contribution in [0.2, 0.25) is 0 Å². The van der Waals surface area contributed by atoms with E-state index in [4.69, 9.17) is 0 Å². The van der Waals surface area contributed by atoms with Crippen molar-refractivity contribution in [2.75, 3.05) is 13.1 Å². The molecule has 1 aliphatic carbocycles. The number of benzene rings is 1. The van der Waals surface area contributed by atoms with Crippen LogP contribution in [0.5, 0.6) is 0 Å². The quantitative estimate of drug-likeness (QED) is 0.463. The summed E-state index contributed by atoms with van der Waals surface area (Å²) >= 11 is 2.24. The Morgan fingerprint density at radius 1 is 1.05 bits per heavy atom. The van der Waals surface area contributed by atoms with Gasteiger partial charge in [0.05, 0.1) is 0 Å². The highest BCUT2D eigenvalue weighted by molar-refractivity contribution is 14.1. The van der Waals surface area contributed by atoms with Gasteiger partial charge in [0.15, 0.2) is 0 Å². The molecule has 0 saturated heterocycles. The summed E-state index contributed by atoms with van der Waals surface area (Å²) in [6.07, 6.45) is 8.00. The van der Waals surface area contributed by atoms with E-state index in [-0.39, 0.29) is 5.91 Å². The molecule has 110 valence electrons. The van der Waals surface area contributed by atoms with Crippen molar-refractivity contribution in [1.29, 1.82) is 0 Å². The van der Waals surface area contributed by atoms with Crippen LogP contribution in [0.15, 0.2) is 24.3 Å². The second kappa shape index (κ2) is 8.62. The maximum absolute atomic E-state index is 11.9. The van der Waals surface area contributed by atoms with Crippen molar-refractivity contribution in [3.63, 3.8) is 0 Å². The van der Waals surface area contributed by atoms with Gasteiger partial charge in [-0.15, -0.1) is 0 Å². The Labute approximate surface area is 135 Å². The first kappa shape index (κ1) is 15.8. The highest BCUT2D eigenvalue weighted by atomic mass is 127. The fourth-order valence-electron chi connectivity index (χ4n) is 2.64. The minimum atomic E-state index is 0.0177. The number of carbonyl (C=O) groups is 1. The summed E-state index contributed by atoms with van der Waals surface area (Å²) in [6, 6.07) is 8.30. The molecular formula is C16H23IN2O. The molecule has 0 radical (unpaired) electrons. The Bertz CT molecular complexity index is 411. The average Bonchev–Trinajstić information content (AvgIpc) is 2.73. The molecule has 1 saturated carbocycles. The summed E-state index contributed by atoms with van der Waals surface area (Å²) in [5.74, 6) is 0.0177. The Balaban J connectivity index is 1.65. The van der Waals surface area contributed by atoms with Gasteiger partial charge in [0.1, 0.15) is 0 Å². The number of halogens is 1. The van der Waals surface area contributed by atoms with E-state index >= 15 is 0 Å². The van der Waals surface area contributed by atoms with Crippen molar-refractivity contribution >= 4 is 28.5 Å². The van der Waals surface area contributed by atoms with Crippen molar-refractivity contribution in [2.45, 2.75) is 44.6 Å². The highest BCUT2D eigenvalue weighted by Gasteiger charge is 2.11. The SMILES string of the molecule is O=C(NCCNC1CCCCCC1)c1ccc(I)cc1. The summed E-state index contributed by atoms with van der Waals surface area (Å²) < 4.78 is 1.15. The predicted molar refractivity (Wildman–Crippen MR) is 91.0 cm³/mol. The number of amides is 1. The Morgan fingerprint density at radius 3 is 2.35 bits per heavy atom. The zero-order valence-corrected chi connectivity index (χ0v) is 14.0. The standard InChI is InChI=1S/C16H23IN2O/c17-14-9-7-13(8-10-14)16(20)19-12-11-18-15-5-3-1-2-4-6-15/h7-10,15,18H,1-6,11-12H2,(H,19,20). The topological polar surface area (TPSA) is 41.1 Å². The van der Waals surface area contributed by atoms with E-state index in [1.54, 1.807) is 0 Å². The lowest BCUT2D eigenvalue weighted by atomic mass is 10.1. The predicted octanol–water partition coefficient (Wildman–Crippen LogP) is 3.33. The summed E-state index contributed by atoms with van der Waals surface area (Å²) in [6.45, 7) is 1.56. The highest BCUT2D eigenvalue weighted by Crippen LogP contribution is 2.16.